The predicted octanol–water partition coefficient (Wildman–Crippen LogP) is 4.34. The second-order valence-electron chi connectivity index (χ2n) is 7.01. The van der Waals surface area contributed by atoms with Crippen molar-refractivity contribution in [1.82, 2.24) is 0 Å². The molecule has 5 nitrogen and oxygen atoms in total. The van der Waals surface area contributed by atoms with E-state index in [1.54, 1.807) is 32.4 Å². The molecule has 3 rings (SSSR count). The van der Waals surface area contributed by atoms with Crippen molar-refractivity contribution in [2.75, 3.05) is 20.8 Å². The molecule has 0 saturated heterocycles. The van der Waals surface area contributed by atoms with Gasteiger partial charge in [0.15, 0.2) is 0 Å². The van der Waals surface area contributed by atoms with Crippen LogP contribution in [0.1, 0.15) is 36.5 Å². The van der Waals surface area contributed by atoms with Crippen molar-refractivity contribution >= 4 is 0 Å². The summed E-state index contributed by atoms with van der Waals surface area (Å²) in [5.74, 6) is 2.37. The number of fused-ring (bicyclic) bond motifs is 1. The Kier molecular flexibility index (Phi) is 5.49. The van der Waals surface area contributed by atoms with Crippen molar-refractivity contribution in [3.05, 3.63) is 52.6 Å². The van der Waals surface area contributed by atoms with Gasteiger partial charge in [-0.25, -0.2) is 0 Å². The van der Waals surface area contributed by atoms with E-state index in [1.165, 1.54) is 5.57 Å². The summed E-state index contributed by atoms with van der Waals surface area (Å²) in [5.41, 5.74) is 3.86. The zero-order valence-electron chi connectivity index (χ0n) is 16.2. The average molecular weight is 370 g/mol. The molecule has 27 heavy (non-hydrogen) atoms. The minimum Gasteiger partial charge on any atom is -0.508 e. The molecule has 144 valence electrons. The molecule has 0 spiro atoms. The van der Waals surface area contributed by atoms with E-state index in [0.29, 0.717) is 36.7 Å². The Hall–Kier alpha value is -2.82. The van der Waals surface area contributed by atoms with E-state index in [4.69, 9.17) is 14.2 Å². The number of hydrogen-bond donors (Lipinski definition) is 2. The smallest absolute Gasteiger partial charge is 0.132 e. The van der Waals surface area contributed by atoms with Crippen LogP contribution in [0.15, 0.2) is 35.9 Å². The van der Waals surface area contributed by atoms with Crippen LogP contribution < -0.4 is 14.2 Å². The SMILES string of the molecule is COc1cc(O)ccc1[C@@H]1COc2cc(O)c(CC=C(C)C)c(OC)c2C1. The van der Waals surface area contributed by atoms with Gasteiger partial charge in [-0.05, 0) is 32.8 Å². The summed E-state index contributed by atoms with van der Waals surface area (Å²) in [6, 6.07) is 6.81. The molecule has 0 bridgehead atoms. The highest BCUT2D eigenvalue weighted by molar-refractivity contribution is 5.59. The molecule has 0 saturated carbocycles. The molecule has 1 heterocycles. The molecule has 0 radical (unpaired) electrons. The molecule has 2 aromatic rings. The maximum absolute atomic E-state index is 10.4. The third-order valence-electron chi connectivity index (χ3n) is 4.89. The van der Waals surface area contributed by atoms with Crippen molar-refractivity contribution in [2.45, 2.75) is 32.6 Å². The molecule has 1 aliphatic heterocycles. The van der Waals surface area contributed by atoms with E-state index >= 15 is 0 Å². The fourth-order valence-electron chi connectivity index (χ4n) is 3.51. The van der Waals surface area contributed by atoms with E-state index in [1.807, 2.05) is 19.9 Å². The highest BCUT2D eigenvalue weighted by Crippen LogP contribution is 2.45. The number of aromatic hydroxyl groups is 2. The molecule has 0 aliphatic carbocycles. The van der Waals surface area contributed by atoms with Gasteiger partial charge < -0.3 is 24.4 Å². The zero-order valence-corrected chi connectivity index (χ0v) is 16.2. The lowest BCUT2D eigenvalue weighted by Gasteiger charge is -2.29. The molecule has 2 N–H and O–H groups in total. The largest absolute Gasteiger partial charge is 0.508 e. The van der Waals surface area contributed by atoms with Crippen LogP contribution in [0.2, 0.25) is 0 Å². The summed E-state index contributed by atoms with van der Waals surface area (Å²) in [5, 5.41) is 20.2. The Bertz CT molecular complexity index is 865. The van der Waals surface area contributed by atoms with Gasteiger partial charge in [-0.3, -0.25) is 0 Å². The maximum Gasteiger partial charge on any atom is 0.132 e. The Morgan fingerprint density at radius 3 is 2.63 bits per heavy atom. The van der Waals surface area contributed by atoms with E-state index in [-0.39, 0.29) is 17.4 Å². The monoisotopic (exact) mass is 370 g/mol. The lowest BCUT2D eigenvalue weighted by molar-refractivity contribution is 0.252. The van der Waals surface area contributed by atoms with Gasteiger partial charge in [-0.1, -0.05) is 17.7 Å². The number of ether oxygens (including phenoxy) is 3. The van der Waals surface area contributed by atoms with Crippen molar-refractivity contribution < 1.29 is 24.4 Å². The van der Waals surface area contributed by atoms with Crippen LogP contribution in [0.3, 0.4) is 0 Å². The Morgan fingerprint density at radius 2 is 1.96 bits per heavy atom. The number of allylic oxidation sites excluding steroid dienone is 2. The van der Waals surface area contributed by atoms with Crippen LogP contribution in [0, 0.1) is 0 Å². The van der Waals surface area contributed by atoms with Crippen molar-refractivity contribution in [3.8, 4) is 28.7 Å². The van der Waals surface area contributed by atoms with Crippen molar-refractivity contribution in [1.29, 1.82) is 0 Å². The van der Waals surface area contributed by atoms with Gasteiger partial charge in [-0.2, -0.15) is 0 Å². The summed E-state index contributed by atoms with van der Waals surface area (Å²) in [4.78, 5) is 0. The van der Waals surface area contributed by atoms with Crippen LogP contribution in [0.25, 0.3) is 0 Å². The first-order valence-electron chi connectivity index (χ1n) is 8.99. The second-order valence-corrected chi connectivity index (χ2v) is 7.01. The van der Waals surface area contributed by atoms with Gasteiger partial charge in [0.05, 0.1) is 20.8 Å². The molecular weight excluding hydrogens is 344 g/mol. The fourth-order valence-corrected chi connectivity index (χ4v) is 3.51. The minimum atomic E-state index is 0.0581. The first-order valence-corrected chi connectivity index (χ1v) is 8.99. The quantitative estimate of drug-likeness (QED) is 0.766. The van der Waals surface area contributed by atoms with Crippen molar-refractivity contribution in [3.63, 3.8) is 0 Å². The van der Waals surface area contributed by atoms with Crippen LogP contribution in [-0.2, 0) is 12.8 Å². The maximum atomic E-state index is 10.4. The standard InChI is InChI=1S/C22H26O5/c1-13(2)5-7-17-19(24)11-21-18(22(17)26-4)9-14(12-27-21)16-8-6-15(23)10-20(16)25-3/h5-6,8,10-11,14,23-24H,7,9,12H2,1-4H3/t14-/m0/s1. The first-order chi connectivity index (χ1) is 12.9. The number of rotatable bonds is 5. The Morgan fingerprint density at radius 1 is 1.19 bits per heavy atom. The summed E-state index contributed by atoms with van der Waals surface area (Å²) in [7, 11) is 3.21. The molecule has 1 atom stereocenters. The number of hydrogen-bond acceptors (Lipinski definition) is 5. The van der Waals surface area contributed by atoms with E-state index in [0.717, 1.165) is 16.7 Å². The van der Waals surface area contributed by atoms with Gasteiger partial charge >= 0.3 is 0 Å². The zero-order chi connectivity index (χ0) is 19.6. The highest BCUT2D eigenvalue weighted by atomic mass is 16.5. The summed E-state index contributed by atoms with van der Waals surface area (Å²) < 4.78 is 17.1. The minimum absolute atomic E-state index is 0.0581. The van der Waals surface area contributed by atoms with E-state index < -0.39 is 0 Å². The van der Waals surface area contributed by atoms with Gasteiger partial charge in [0.1, 0.15) is 28.7 Å². The number of benzene rings is 2. The van der Waals surface area contributed by atoms with Gasteiger partial charge in [0.2, 0.25) is 0 Å². The van der Waals surface area contributed by atoms with Gasteiger partial charge in [-0.15, -0.1) is 0 Å². The van der Waals surface area contributed by atoms with E-state index in [2.05, 4.69) is 6.08 Å². The number of methoxy groups -OCH3 is 2. The molecule has 0 aromatic heterocycles. The van der Waals surface area contributed by atoms with Crippen LogP contribution >= 0.6 is 0 Å². The molecular formula is C22H26O5. The third-order valence-corrected chi connectivity index (χ3v) is 4.89. The van der Waals surface area contributed by atoms with Crippen LogP contribution in [0.4, 0.5) is 0 Å². The molecule has 0 unspecified atom stereocenters. The second kappa shape index (κ2) is 7.82. The summed E-state index contributed by atoms with van der Waals surface area (Å²) >= 11 is 0. The molecule has 0 fully saturated rings. The van der Waals surface area contributed by atoms with E-state index in [9.17, 15) is 10.2 Å². The third kappa shape index (κ3) is 3.82. The lowest BCUT2D eigenvalue weighted by atomic mass is 9.87. The topological polar surface area (TPSA) is 68.2 Å². The Balaban J connectivity index is 2.01. The number of phenolic OH excluding ortho intramolecular Hbond substituents is 2. The van der Waals surface area contributed by atoms with Crippen LogP contribution in [-0.4, -0.2) is 31.0 Å². The Labute approximate surface area is 159 Å². The van der Waals surface area contributed by atoms with Crippen molar-refractivity contribution in [2.24, 2.45) is 0 Å². The molecule has 2 aromatic carbocycles. The normalized spacial score (nSPS) is 15.5. The van der Waals surface area contributed by atoms with Gasteiger partial charge in [0, 0.05) is 34.7 Å². The molecule has 5 heteroatoms. The summed E-state index contributed by atoms with van der Waals surface area (Å²) in [6.07, 6.45) is 3.35. The average Bonchev–Trinajstić information content (AvgIpc) is 2.65. The fraction of sp³-hybridized carbons (Fsp3) is 0.364. The number of phenols is 2. The highest BCUT2D eigenvalue weighted by Gasteiger charge is 2.29. The predicted molar refractivity (Wildman–Crippen MR) is 104 cm³/mol. The summed E-state index contributed by atoms with van der Waals surface area (Å²) in [6.45, 7) is 4.51. The lowest BCUT2D eigenvalue weighted by Crippen LogP contribution is -2.21. The van der Waals surface area contributed by atoms with Crippen LogP contribution in [0.5, 0.6) is 28.7 Å². The molecule has 0 amide bonds. The van der Waals surface area contributed by atoms with Gasteiger partial charge in [0.25, 0.3) is 0 Å². The first kappa shape index (κ1) is 19.0. The molecule has 1 aliphatic rings.